The first-order valence-corrected chi connectivity index (χ1v) is 10.4. The van der Waals surface area contributed by atoms with Gasteiger partial charge in [-0.3, -0.25) is 9.48 Å². The zero-order valence-corrected chi connectivity index (χ0v) is 16.9. The van der Waals surface area contributed by atoms with Crippen molar-refractivity contribution in [2.75, 3.05) is 13.1 Å². The number of aryl methyl sites for hydroxylation is 3. The number of hydrogen-bond donors (Lipinski definition) is 2. The van der Waals surface area contributed by atoms with Crippen LogP contribution in [0.4, 0.5) is 13.2 Å². The molecule has 11 heteroatoms. The lowest BCUT2D eigenvalue weighted by Crippen LogP contribution is -2.32. The third kappa shape index (κ3) is 6.57. The van der Waals surface area contributed by atoms with E-state index in [0.717, 1.165) is 23.5 Å². The Labute approximate surface area is 167 Å². The summed E-state index contributed by atoms with van der Waals surface area (Å²) in [5.74, 6) is -0.398. The van der Waals surface area contributed by atoms with Gasteiger partial charge in [0.05, 0.1) is 16.2 Å². The predicted molar refractivity (Wildman–Crippen MR) is 101 cm³/mol. The van der Waals surface area contributed by atoms with E-state index in [0.29, 0.717) is 25.6 Å². The zero-order valence-electron chi connectivity index (χ0n) is 16.1. The highest BCUT2D eigenvalue weighted by Crippen LogP contribution is 2.33. The van der Waals surface area contributed by atoms with Gasteiger partial charge in [-0.05, 0) is 38.5 Å². The molecular weight excluding hydrogens is 409 g/mol. The van der Waals surface area contributed by atoms with Crippen molar-refractivity contribution in [2.24, 2.45) is 0 Å². The van der Waals surface area contributed by atoms with Gasteiger partial charge in [0.25, 0.3) is 0 Å². The standard InChI is InChI=1S/C18H23F3N4O3S/c1-13-12-14(2)25(24-13)11-5-9-22-17(26)8-10-23-29(27,28)16-7-4-3-6-15(16)18(19,20)21/h3-4,6-7,12,23H,5,8-11H2,1-2H3,(H,22,26). The first-order chi connectivity index (χ1) is 13.5. The van der Waals surface area contributed by atoms with E-state index in [1.54, 1.807) is 0 Å². The molecule has 0 aliphatic heterocycles. The molecule has 29 heavy (non-hydrogen) atoms. The van der Waals surface area contributed by atoms with Crippen molar-refractivity contribution < 1.29 is 26.4 Å². The van der Waals surface area contributed by atoms with Gasteiger partial charge >= 0.3 is 6.18 Å². The van der Waals surface area contributed by atoms with Gasteiger partial charge in [-0.1, -0.05) is 12.1 Å². The fourth-order valence-electron chi connectivity index (χ4n) is 2.76. The summed E-state index contributed by atoms with van der Waals surface area (Å²) in [5, 5.41) is 6.95. The molecule has 0 bridgehead atoms. The Morgan fingerprint density at radius 1 is 1.17 bits per heavy atom. The molecule has 0 saturated heterocycles. The smallest absolute Gasteiger partial charge is 0.356 e. The third-order valence-corrected chi connectivity index (χ3v) is 5.62. The third-order valence-electron chi connectivity index (χ3n) is 4.10. The van der Waals surface area contributed by atoms with Crippen molar-refractivity contribution in [1.29, 1.82) is 0 Å². The second-order valence-corrected chi connectivity index (χ2v) is 8.23. The second-order valence-electron chi connectivity index (χ2n) is 6.50. The van der Waals surface area contributed by atoms with Crippen LogP contribution in [0.3, 0.4) is 0 Å². The van der Waals surface area contributed by atoms with Crippen molar-refractivity contribution in [3.05, 3.63) is 47.3 Å². The van der Waals surface area contributed by atoms with Gasteiger partial charge in [-0.2, -0.15) is 18.3 Å². The summed E-state index contributed by atoms with van der Waals surface area (Å²) >= 11 is 0. The number of aromatic nitrogens is 2. The summed E-state index contributed by atoms with van der Waals surface area (Å²) in [6.45, 7) is 4.51. The number of halogens is 3. The maximum absolute atomic E-state index is 13.0. The Bertz CT molecular complexity index is 956. The molecule has 7 nitrogen and oxygen atoms in total. The van der Waals surface area contributed by atoms with Crippen LogP contribution in [-0.4, -0.2) is 37.2 Å². The van der Waals surface area contributed by atoms with Crippen LogP contribution < -0.4 is 10.0 Å². The number of hydrogen-bond acceptors (Lipinski definition) is 4. The number of carbonyl (C=O) groups excluding carboxylic acids is 1. The minimum Gasteiger partial charge on any atom is -0.356 e. The Morgan fingerprint density at radius 2 is 1.86 bits per heavy atom. The molecule has 2 aromatic rings. The Balaban J connectivity index is 1.79. The monoisotopic (exact) mass is 432 g/mol. The van der Waals surface area contributed by atoms with Crippen molar-refractivity contribution in [1.82, 2.24) is 19.8 Å². The lowest BCUT2D eigenvalue weighted by molar-refractivity contribution is -0.139. The summed E-state index contributed by atoms with van der Waals surface area (Å²) in [6.07, 6.45) is -4.35. The number of nitrogens with zero attached hydrogens (tertiary/aromatic N) is 2. The summed E-state index contributed by atoms with van der Waals surface area (Å²) in [4.78, 5) is 11.0. The van der Waals surface area contributed by atoms with Crippen LogP contribution in [0.2, 0.25) is 0 Å². The molecule has 0 unspecified atom stereocenters. The lowest BCUT2D eigenvalue weighted by Gasteiger charge is -2.13. The van der Waals surface area contributed by atoms with Gasteiger partial charge < -0.3 is 5.32 Å². The molecule has 1 amide bonds. The summed E-state index contributed by atoms with van der Waals surface area (Å²) in [5.41, 5.74) is 0.675. The number of alkyl halides is 3. The molecule has 0 radical (unpaired) electrons. The molecule has 1 heterocycles. The highest BCUT2D eigenvalue weighted by Gasteiger charge is 2.36. The van der Waals surface area contributed by atoms with Crippen LogP contribution in [0.1, 0.15) is 29.8 Å². The average molecular weight is 432 g/mol. The molecule has 1 aromatic heterocycles. The molecule has 0 saturated carbocycles. The predicted octanol–water partition coefficient (Wildman–Crippen LogP) is 2.39. The molecular formula is C18H23F3N4O3S. The highest BCUT2D eigenvalue weighted by molar-refractivity contribution is 7.89. The first-order valence-electron chi connectivity index (χ1n) is 8.94. The van der Waals surface area contributed by atoms with E-state index in [1.165, 1.54) is 6.07 Å². The maximum Gasteiger partial charge on any atom is 0.417 e. The summed E-state index contributed by atoms with van der Waals surface area (Å²) in [7, 11) is -4.39. The molecule has 0 fully saturated rings. The van der Waals surface area contributed by atoms with Gasteiger partial charge in [0.2, 0.25) is 15.9 Å². The molecule has 2 rings (SSSR count). The quantitative estimate of drug-likeness (QED) is 0.595. The van der Waals surface area contributed by atoms with Gasteiger partial charge in [-0.25, -0.2) is 13.1 Å². The maximum atomic E-state index is 13.0. The number of amides is 1. The van der Waals surface area contributed by atoms with E-state index in [9.17, 15) is 26.4 Å². The minimum atomic E-state index is -4.80. The fraction of sp³-hybridized carbons (Fsp3) is 0.444. The molecule has 0 spiro atoms. The van der Waals surface area contributed by atoms with Crippen molar-refractivity contribution in [2.45, 2.75) is 44.3 Å². The van der Waals surface area contributed by atoms with Gasteiger partial charge in [-0.15, -0.1) is 0 Å². The van der Waals surface area contributed by atoms with E-state index in [4.69, 9.17) is 0 Å². The van der Waals surface area contributed by atoms with Gasteiger partial charge in [0, 0.05) is 31.7 Å². The largest absolute Gasteiger partial charge is 0.417 e. The average Bonchev–Trinajstić information content (AvgIpc) is 2.95. The minimum absolute atomic E-state index is 0.187. The molecule has 2 N–H and O–H groups in total. The van der Waals surface area contributed by atoms with Gasteiger partial charge in [0.1, 0.15) is 0 Å². The topological polar surface area (TPSA) is 93.1 Å². The normalized spacial score (nSPS) is 12.2. The number of nitrogens with one attached hydrogen (secondary N) is 2. The summed E-state index contributed by atoms with van der Waals surface area (Å²) < 4.78 is 67.2. The van der Waals surface area contributed by atoms with Gasteiger partial charge in [0.15, 0.2) is 0 Å². The number of rotatable bonds is 9. The van der Waals surface area contributed by atoms with E-state index in [-0.39, 0.29) is 13.0 Å². The van der Waals surface area contributed by atoms with Crippen molar-refractivity contribution in [3.63, 3.8) is 0 Å². The molecule has 0 aliphatic rings. The van der Waals surface area contributed by atoms with Crippen molar-refractivity contribution in [3.8, 4) is 0 Å². The van der Waals surface area contributed by atoms with E-state index in [2.05, 4.69) is 10.4 Å². The van der Waals surface area contributed by atoms with Crippen LogP contribution in [0.15, 0.2) is 35.2 Å². The number of carbonyl (C=O) groups is 1. The Kier molecular flexibility index (Phi) is 7.42. The first kappa shape index (κ1) is 22.9. The molecule has 160 valence electrons. The Morgan fingerprint density at radius 3 is 2.48 bits per heavy atom. The molecule has 0 aliphatic carbocycles. The SMILES string of the molecule is Cc1cc(C)n(CCCNC(=O)CCNS(=O)(=O)c2ccccc2C(F)(F)F)n1. The highest BCUT2D eigenvalue weighted by atomic mass is 32.2. The van der Waals surface area contributed by atoms with Crippen LogP contribution in [0, 0.1) is 13.8 Å². The zero-order chi connectivity index (χ0) is 21.7. The van der Waals surface area contributed by atoms with Crippen LogP contribution in [0.25, 0.3) is 0 Å². The lowest BCUT2D eigenvalue weighted by atomic mass is 10.2. The van der Waals surface area contributed by atoms with E-state index >= 15 is 0 Å². The fourth-order valence-corrected chi connectivity index (χ4v) is 4.02. The second kappa shape index (κ2) is 9.40. The van der Waals surface area contributed by atoms with Crippen LogP contribution in [0.5, 0.6) is 0 Å². The molecule has 1 aromatic carbocycles. The van der Waals surface area contributed by atoms with E-state index < -0.39 is 32.6 Å². The van der Waals surface area contributed by atoms with Crippen LogP contribution in [-0.2, 0) is 27.5 Å². The number of sulfonamides is 1. The van der Waals surface area contributed by atoms with E-state index in [1.807, 2.05) is 29.3 Å². The van der Waals surface area contributed by atoms with Crippen LogP contribution >= 0.6 is 0 Å². The summed E-state index contributed by atoms with van der Waals surface area (Å²) in [6, 6.07) is 5.84. The number of benzene rings is 1. The molecule has 0 atom stereocenters. The van der Waals surface area contributed by atoms with Crippen molar-refractivity contribution >= 4 is 15.9 Å². The Hall–Kier alpha value is -2.40.